The van der Waals surface area contributed by atoms with Gasteiger partial charge >= 0.3 is 6.03 Å². The first-order valence-electron chi connectivity index (χ1n) is 6.92. The third-order valence-electron chi connectivity index (χ3n) is 3.25. The Kier molecular flexibility index (Phi) is 6.06. The Morgan fingerprint density at radius 3 is 2.68 bits per heavy atom. The molecule has 2 aromatic rings. The topological polar surface area (TPSA) is 54.0 Å². The second-order valence-corrected chi connectivity index (χ2v) is 6.58. The number of nitrogens with zero attached hydrogens (tertiary/aromatic N) is 1. The number of benzene rings is 1. The third-order valence-corrected chi connectivity index (χ3v) is 4.88. The maximum atomic E-state index is 12.1. The number of halogens is 2. The van der Waals surface area contributed by atoms with E-state index in [0.29, 0.717) is 10.0 Å². The molecule has 2 N–H and O–H groups in total. The lowest BCUT2D eigenvalue weighted by atomic mass is 10.1. The van der Waals surface area contributed by atoms with Gasteiger partial charge in [0, 0.05) is 11.6 Å². The van der Waals surface area contributed by atoms with Crippen LogP contribution in [0.2, 0.25) is 10.0 Å². The van der Waals surface area contributed by atoms with Crippen molar-refractivity contribution in [2.24, 2.45) is 0 Å². The lowest BCUT2D eigenvalue weighted by Crippen LogP contribution is -2.39. The van der Waals surface area contributed by atoms with Gasteiger partial charge in [-0.25, -0.2) is 9.78 Å². The first kappa shape index (κ1) is 17.1. The van der Waals surface area contributed by atoms with Gasteiger partial charge in [-0.1, -0.05) is 36.2 Å². The van der Waals surface area contributed by atoms with Gasteiger partial charge in [-0.3, -0.25) is 0 Å². The smallest absolute Gasteiger partial charge is 0.315 e. The minimum absolute atomic E-state index is 0.0824. The second kappa shape index (κ2) is 7.81. The van der Waals surface area contributed by atoms with E-state index in [0.717, 1.165) is 17.0 Å². The Hall–Kier alpha value is -1.30. The summed E-state index contributed by atoms with van der Waals surface area (Å²) in [4.78, 5) is 16.4. The molecule has 0 saturated carbocycles. The van der Waals surface area contributed by atoms with Crippen molar-refractivity contribution in [3.8, 4) is 0 Å². The van der Waals surface area contributed by atoms with Gasteiger partial charge < -0.3 is 10.6 Å². The van der Waals surface area contributed by atoms with E-state index in [1.165, 1.54) is 11.3 Å². The van der Waals surface area contributed by atoms with Crippen LogP contribution < -0.4 is 10.6 Å². The normalized spacial score (nSPS) is 13.5. The first-order chi connectivity index (χ1) is 10.5. The van der Waals surface area contributed by atoms with Crippen molar-refractivity contribution in [2.75, 3.05) is 0 Å². The summed E-state index contributed by atoms with van der Waals surface area (Å²) in [6.45, 7) is 3.90. The molecule has 1 heterocycles. The van der Waals surface area contributed by atoms with Crippen LogP contribution in [0.4, 0.5) is 4.79 Å². The molecular formula is C15H17Cl2N3OS. The zero-order chi connectivity index (χ0) is 16.1. The van der Waals surface area contributed by atoms with E-state index < -0.39 is 0 Å². The first-order valence-corrected chi connectivity index (χ1v) is 8.56. The highest BCUT2D eigenvalue weighted by Gasteiger charge is 2.17. The number of carbonyl (C=O) groups is 1. The summed E-state index contributed by atoms with van der Waals surface area (Å²) >= 11 is 13.4. The molecule has 0 spiro atoms. The Labute approximate surface area is 143 Å². The molecule has 4 nitrogen and oxygen atoms in total. The summed E-state index contributed by atoms with van der Waals surface area (Å²) in [6, 6.07) is 4.83. The summed E-state index contributed by atoms with van der Waals surface area (Å²) in [5.74, 6) is 0. The van der Waals surface area contributed by atoms with Crippen molar-refractivity contribution in [2.45, 2.75) is 32.4 Å². The van der Waals surface area contributed by atoms with Crippen LogP contribution in [0.3, 0.4) is 0 Å². The zero-order valence-corrected chi connectivity index (χ0v) is 14.6. The monoisotopic (exact) mass is 357 g/mol. The van der Waals surface area contributed by atoms with E-state index in [2.05, 4.69) is 15.6 Å². The standard InChI is InChI=1S/C15H17Cl2N3OS/c1-3-13(14-18-6-7-22-14)20-15(21)19-9(2)10-4-5-11(16)12(17)8-10/h4-9,13H,3H2,1-2H3,(H2,19,20,21). The Bertz CT molecular complexity index is 634. The van der Waals surface area contributed by atoms with E-state index >= 15 is 0 Å². The largest absolute Gasteiger partial charge is 0.332 e. The van der Waals surface area contributed by atoms with Crippen molar-refractivity contribution < 1.29 is 4.79 Å². The van der Waals surface area contributed by atoms with Gasteiger partial charge in [-0.05, 0) is 31.0 Å². The average molecular weight is 358 g/mol. The van der Waals surface area contributed by atoms with Crippen LogP contribution in [-0.2, 0) is 0 Å². The highest BCUT2D eigenvalue weighted by Crippen LogP contribution is 2.25. The number of hydrogen-bond acceptors (Lipinski definition) is 3. The maximum Gasteiger partial charge on any atom is 0.315 e. The van der Waals surface area contributed by atoms with Crippen LogP contribution in [0, 0.1) is 0 Å². The molecule has 2 amide bonds. The SMILES string of the molecule is CCC(NC(=O)NC(C)c1ccc(Cl)c(Cl)c1)c1nccs1. The molecule has 0 aliphatic carbocycles. The van der Waals surface area contributed by atoms with Crippen molar-refractivity contribution in [3.63, 3.8) is 0 Å². The Balaban J connectivity index is 1.97. The summed E-state index contributed by atoms with van der Waals surface area (Å²) in [7, 11) is 0. The number of nitrogens with one attached hydrogen (secondary N) is 2. The van der Waals surface area contributed by atoms with E-state index in [1.54, 1.807) is 18.3 Å². The molecule has 2 atom stereocenters. The fourth-order valence-electron chi connectivity index (χ4n) is 2.01. The minimum Gasteiger partial charge on any atom is -0.332 e. The fraction of sp³-hybridized carbons (Fsp3) is 0.333. The number of amides is 2. The van der Waals surface area contributed by atoms with Crippen molar-refractivity contribution >= 4 is 40.6 Å². The van der Waals surface area contributed by atoms with Crippen molar-refractivity contribution in [1.82, 2.24) is 15.6 Å². The van der Waals surface area contributed by atoms with Crippen LogP contribution in [0.1, 0.15) is 42.9 Å². The third kappa shape index (κ3) is 4.35. The molecule has 7 heteroatoms. The quantitative estimate of drug-likeness (QED) is 0.794. The van der Waals surface area contributed by atoms with Gasteiger partial charge in [0.2, 0.25) is 0 Å². The van der Waals surface area contributed by atoms with E-state index in [1.807, 2.05) is 25.3 Å². The molecule has 0 radical (unpaired) electrons. The van der Waals surface area contributed by atoms with Crippen LogP contribution in [0.5, 0.6) is 0 Å². The van der Waals surface area contributed by atoms with Gasteiger partial charge in [-0.15, -0.1) is 11.3 Å². The van der Waals surface area contributed by atoms with E-state index in [4.69, 9.17) is 23.2 Å². The molecule has 2 unspecified atom stereocenters. The summed E-state index contributed by atoms with van der Waals surface area (Å²) in [5.41, 5.74) is 0.895. The number of rotatable bonds is 5. The predicted molar refractivity (Wildman–Crippen MR) is 91.7 cm³/mol. The molecule has 2 rings (SSSR count). The lowest BCUT2D eigenvalue weighted by molar-refractivity contribution is 0.233. The molecule has 0 fully saturated rings. The number of hydrogen-bond donors (Lipinski definition) is 2. The number of aromatic nitrogens is 1. The predicted octanol–water partition coefficient (Wildman–Crippen LogP) is 4.96. The highest BCUT2D eigenvalue weighted by atomic mass is 35.5. The molecule has 118 valence electrons. The van der Waals surface area contributed by atoms with Gasteiger partial charge in [0.1, 0.15) is 5.01 Å². The van der Waals surface area contributed by atoms with Crippen molar-refractivity contribution in [1.29, 1.82) is 0 Å². The second-order valence-electron chi connectivity index (χ2n) is 4.84. The summed E-state index contributed by atoms with van der Waals surface area (Å²) < 4.78 is 0. The molecule has 0 aliphatic rings. The molecule has 1 aromatic carbocycles. The zero-order valence-electron chi connectivity index (χ0n) is 12.3. The molecule has 0 bridgehead atoms. The fourth-order valence-corrected chi connectivity index (χ4v) is 3.09. The van der Waals surface area contributed by atoms with E-state index in [9.17, 15) is 4.79 Å². The van der Waals surface area contributed by atoms with Crippen LogP contribution in [0.25, 0.3) is 0 Å². The van der Waals surface area contributed by atoms with E-state index in [-0.39, 0.29) is 18.1 Å². The molecule has 1 aromatic heterocycles. The highest BCUT2D eigenvalue weighted by molar-refractivity contribution is 7.09. The maximum absolute atomic E-state index is 12.1. The number of thiazole rings is 1. The molecule has 0 aliphatic heterocycles. The minimum atomic E-state index is -0.236. The molecule has 0 saturated heterocycles. The van der Waals surface area contributed by atoms with Gasteiger partial charge in [0.05, 0.1) is 22.1 Å². The van der Waals surface area contributed by atoms with Crippen LogP contribution >= 0.6 is 34.5 Å². The lowest BCUT2D eigenvalue weighted by Gasteiger charge is -2.19. The van der Waals surface area contributed by atoms with Gasteiger partial charge in [0.25, 0.3) is 0 Å². The molecular weight excluding hydrogens is 341 g/mol. The average Bonchev–Trinajstić information content (AvgIpc) is 3.01. The Morgan fingerprint density at radius 2 is 2.09 bits per heavy atom. The number of carbonyl (C=O) groups excluding carboxylic acids is 1. The summed E-state index contributed by atoms with van der Waals surface area (Å²) in [5, 5.41) is 9.60. The van der Waals surface area contributed by atoms with Crippen LogP contribution in [0.15, 0.2) is 29.8 Å². The van der Waals surface area contributed by atoms with Gasteiger partial charge in [-0.2, -0.15) is 0 Å². The summed E-state index contributed by atoms with van der Waals surface area (Å²) in [6.07, 6.45) is 2.52. The van der Waals surface area contributed by atoms with Gasteiger partial charge in [0.15, 0.2) is 0 Å². The number of urea groups is 1. The van der Waals surface area contributed by atoms with Crippen LogP contribution in [-0.4, -0.2) is 11.0 Å². The van der Waals surface area contributed by atoms with Crippen molar-refractivity contribution in [3.05, 3.63) is 50.4 Å². The molecule has 22 heavy (non-hydrogen) atoms. The Morgan fingerprint density at radius 1 is 1.32 bits per heavy atom.